The number of benzene rings is 1. The van der Waals surface area contributed by atoms with Crippen LogP contribution in [-0.4, -0.2) is 36.2 Å². The molecule has 0 fully saturated rings. The molecule has 0 radical (unpaired) electrons. The van der Waals surface area contributed by atoms with Gasteiger partial charge < -0.3 is 19.5 Å². The Morgan fingerprint density at radius 2 is 1.48 bits per heavy atom. The molecule has 0 amide bonds. The molecule has 0 aliphatic carbocycles. The summed E-state index contributed by atoms with van der Waals surface area (Å²) in [5.74, 6) is -1.96. The van der Waals surface area contributed by atoms with Gasteiger partial charge in [0.1, 0.15) is 5.75 Å². The Balaban J connectivity index is 2.81. The molecule has 0 aromatic heterocycles. The first kappa shape index (κ1) is 23.9. The molecule has 0 spiro atoms. The molecule has 9 heteroatoms. The number of rotatable bonds is 7. The van der Waals surface area contributed by atoms with Crippen molar-refractivity contribution >= 4 is 17.6 Å². The van der Waals surface area contributed by atoms with Crippen LogP contribution in [0.25, 0.3) is 0 Å². The zero-order valence-corrected chi connectivity index (χ0v) is 18.8. The van der Waals surface area contributed by atoms with Crippen molar-refractivity contribution < 1.29 is 28.7 Å². The Morgan fingerprint density at radius 1 is 1.00 bits per heavy atom. The number of nitro groups is 1. The number of allylic oxidation sites excluding steroid dienone is 2. The highest BCUT2D eigenvalue weighted by molar-refractivity contribution is 6.00. The van der Waals surface area contributed by atoms with Gasteiger partial charge in [0, 0.05) is 29.1 Å². The molecule has 0 atom stereocenters. The Morgan fingerprint density at radius 3 is 1.87 bits per heavy atom. The summed E-state index contributed by atoms with van der Waals surface area (Å²) in [5, 5.41) is 14.5. The van der Waals surface area contributed by atoms with E-state index in [0.717, 1.165) is 0 Å². The minimum absolute atomic E-state index is 0.161. The number of nitrogens with zero attached hydrogens (tertiary/aromatic N) is 1. The molecular formula is C22H28N2O7. The van der Waals surface area contributed by atoms with Gasteiger partial charge in [0.05, 0.1) is 41.3 Å². The van der Waals surface area contributed by atoms with Crippen molar-refractivity contribution in [1.29, 1.82) is 0 Å². The highest BCUT2D eigenvalue weighted by Crippen LogP contribution is 2.44. The number of non-ortho nitro benzene ring substituents is 1. The van der Waals surface area contributed by atoms with Gasteiger partial charge in [0.25, 0.3) is 5.69 Å². The largest absolute Gasteiger partial charge is 0.496 e. The maximum atomic E-state index is 13.0. The molecule has 0 saturated carbocycles. The van der Waals surface area contributed by atoms with E-state index in [4.69, 9.17) is 14.2 Å². The maximum absolute atomic E-state index is 13.0. The minimum atomic E-state index is -0.978. The number of hydrogen-bond donors (Lipinski definition) is 1. The number of nitro benzene ring substituents is 1. The highest BCUT2D eigenvalue weighted by atomic mass is 16.6. The van der Waals surface area contributed by atoms with E-state index in [1.807, 2.05) is 0 Å². The third-order valence-electron chi connectivity index (χ3n) is 4.62. The van der Waals surface area contributed by atoms with Gasteiger partial charge >= 0.3 is 11.9 Å². The molecule has 31 heavy (non-hydrogen) atoms. The summed E-state index contributed by atoms with van der Waals surface area (Å²) in [5.41, 5.74) is 1.37. The van der Waals surface area contributed by atoms with Gasteiger partial charge in [-0.05, 0) is 47.6 Å². The van der Waals surface area contributed by atoms with Crippen LogP contribution in [0.2, 0.25) is 0 Å². The number of carbonyl (C=O) groups excluding carboxylic acids is 2. The van der Waals surface area contributed by atoms with Crippen LogP contribution in [-0.2, 0) is 19.1 Å². The lowest BCUT2D eigenvalue weighted by Crippen LogP contribution is -2.34. The predicted octanol–water partition coefficient (Wildman–Crippen LogP) is 3.74. The van der Waals surface area contributed by atoms with Crippen molar-refractivity contribution in [1.82, 2.24) is 5.32 Å². The average Bonchev–Trinajstić information content (AvgIpc) is 2.65. The van der Waals surface area contributed by atoms with Crippen molar-refractivity contribution in [3.63, 3.8) is 0 Å². The number of nitrogens with one attached hydrogen (secondary N) is 1. The second-order valence-corrected chi connectivity index (χ2v) is 7.73. The molecule has 0 bridgehead atoms. The monoisotopic (exact) mass is 432 g/mol. The van der Waals surface area contributed by atoms with E-state index >= 15 is 0 Å². The van der Waals surface area contributed by atoms with Crippen LogP contribution >= 0.6 is 0 Å². The number of carbonyl (C=O) groups is 2. The fourth-order valence-electron chi connectivity index (χ4n) is 3.46. The molecule has 168 valence electrons. The Bertz CT molecular complexity index is 917. The summed E-state index contributed by atoms with van der Waals surface area (Å²) in [4.78, 5) is 37.0. The fourth-order valence-corrected chi connectivity index (χ4v) is 3.46. The van der Waals surface area contributed by atoms with Gasteiger partial charge in [-0.25, -0.2) is 9.59 Å². The molecule has 1 aliphatic rings. The van der Waals surface area contributed by atoms with Gasteiger partial charge in [-0.15, -0.1) is 0 Å². The van der Waals surface area contributed by atoms with Crippen LogP contribution in [0.4, 0.5) is 5.69 Å². The standard InChI is InChI=1S/C22H28N2O7/c1-11(2)30-21(25)18-13(5)23-14(6)19(22(26)31-12(3)4)20(18)16-10-15(24(27)28)8-9-17(16)29-7/h8-12,20,23H,1-7H3. The molecule has 1 aromatic rings. The smallest absolute Gasteiger partial charge is 0.337 e. The Hall–Kier alpha value is -3.36. The number of dihydropyridines is 1. The molecule has 0 unspecified atom stereocenters. The van der Waals surface area contributed by atoms with Crippen LogP contribution in [0.15, 0.2) is 40.7 Å². The number of ether oxygens (including phenoxy) is 3. The van der Waals surface area contributed by atoms with Gasteiger partial charge in [-0.1, -0.05) is 0 Å². The molecule has 2 rings (SSSR count). The SMILES string of the molecule is COc1ccc([N+](=O)[O-])cc1C1C(C(=O)OC(C)C)=C(C)NC(C)=C1C(=O)OC(C)C. The molecule has 9 nitrogen and oxygen atoms in total. The van der Waals surface area contributed by atoms with E-state index in [1.54, 1.807) is 41.5 Å². The molecule has 1 aromatic carbocycles. The van der Waals surface area contributed by atoms with Gasteiger partial charge in [-0.3, -0.25) is 10.1 Å². The number of hydrogen-bond acceptors (Lipinski definition) is 8. The van der Waals surface area contributed by atoms with Crippen molar-refractivity contribution in [2.45, 2.75) is 59.7 Å². The summed E-state index contributed by atoms with van der Waals surface area (Å²) in [7, 11) is 1.41. The van der Waals surface area contributed by atoms with E-state index in [9.17, 15) is 19.7 Å². The summed E-state index contributed by atoms with van der Waals surface area (Å²) in [6.45, 7) is 10.2. The van der Waals surface area contributed by atoms with Crippen molar-refractivity contribution in [2.24, 2.45) is 0 Å². The van der Waals surface area contributed by atoms with Gasteiger partial charge in [-0.2, -0.15) is 0 Å². The average molecular weight is 432 g/mol. The first-order valence-corrected chi connectivity index (χ1v) is 9.90. The zero-order valence-electron chi connectivity index (χ0n) is 18.8. The van der Waals surface area contributed by atoms with E-state index in [2.05, 4.69) is 5.32 Å². The molecule has 1 aliphatic heterocycles. The quantitative estimate of drug-likeness (QED) is 0.393. The Kier molecular flexibility index (Phi) is 7.43. The van der Waals surface area contributed by atoms with Crippen molar-refractivity contribution in [3.8, 4) is 5.75 Å². The van der Waals surface area contributed by atoms with Crippen LogP contribution in [0.3, 0.4) is 0 Å². The van der Waals surface area contributed by atoms with Crippen molar-refractivity contribution in [2.75, 3.05) is 7.11 Å². The van der Waals surface area contributed by atoms with Crippen LogP contribution < -0.4 is 10.1 Å². The third kappa shape index (κ3) is 5.22. The lowest BCUT2D eigenvalue weighted by molar-refractivity contribution is -0.384. The summed E-state index contributed by atoms with van der Waals surface area (Å²) < 4.78 is 16.3. The number of esters is 2. The van der Waals surface area contributed by atoms with Crippen LogP contribution in [0, 0.1) is 10.1 Å². The topological polar surface area (TPSA) is 117 Å². The molecule has 1 heterocycles. The fraction of sp³-hybridized carbons (Fsp3) is 0.455. The van der Waals surface area contributed by atoms with E-state index in [0.29, 0.717) is 22.7 Å². The molecule has 1 N–H and O–H groups in total. The van der Waals surface area contributed by atoms with E-state index in [-0.39, 0.29) is 16.8 Å². The third-order valence-corrected chi connectivity index (χ3v) is 4.62. The highest BCUT2D eigenvalue weighted by Gasteiger charge is 2.40. The molecule has 0 saturated heterocycles. The lowest BCUT2D eigenvalue weighted by atomic mass is 9.79. The van der Waals surface area contributed by atoms with E-state index < -0.39 is 35.0 Å². The zero-order chi connectivity index (χ0) is 23.5. The maximum Gasteiger partial charge on any atom is 0.337 e. The summed E-state index contributed by atoms with van der Waals surface area (Å²) in [6, 6.07) is 4.05. The van der Waals surface area contributed by atoms with Gasteiger partial charge in [0.15, 0.2) is 0 Å². The van der Waals surface area contributed by atoms with Crippen molar-refractivity contribution in [3.05, 3.63) is 56.4 Å². The second-order valence-electron chi connectivity index (χ2n) is 7.73. The Labute approximate surface area is 181 Å². The first-order chi connectivity index (χ1) is 14.5. The van der Waals surface area contributed by atoms with Crippen LogP contribution in [0.5, 0.6) is 5.75 Å². The van der Waals surface area contributed by atoms with Gasteiger partial charge in [0.2, 0.25) is 0 Å². The van der Waals surface area contributed by atoms with E-state index in [1.165, 1.54) is 25.3 Å². The summed E-state index contributed by atoms with van der Waals surface area (Å²) in [6.07, 6.45) is -0.808. The minimum Gasteiger partial charge on any atom is -0.496 e. The molecular weight excluding hydrogens is 404 g/mol. The second kappa shape index (κ2) is 9.63. The lowest BCUT2D eigenvalue weighted by Gasteiger charge is -2.31. The van der Waals surface area contributed by atoms with Crippen LogP contribution in [0.1, 0.15) is 53.0 Å². The summed E-state index contributed by atoms with van der Waals surface area (Å²) >= 11 is 0. The normalized spacial score (nSPS) is 14.6. The predicted molar refractivity (Wildman–Crippen MR) is 113 cm³/mol. The first-order valence-electron chi connectivity index (χ1n) is 9.90. The number of methoxy groups -OCH3 is 1.